The number of nitrogens with one attached hydrogen (secondary N) is 3. The molecule has 3 rings (SSSR count). The molecule has 0 bridgehead atoms. The molecule has 1 atom stereocenters. The summed E-state index contributed by atoms with van der Waals surface area (Å²) in [6, 6.07) is 12.4. The fourth-order valence-electron chi connectivity index (χ4n) is 3.10. The Morgan fingerprint density at radius 1 is 1.07 bits per heavy atom. The van der Waals surface area contributed by atoms with Gasteiger partial charge in [-0.3, -0.25) is 19.3 Å². The van der Waals surface area contributed by atoms with E-state index in [4.69, 9.17) is 11.6 Å². The molecule has 9 heteroatoms. The third-order valence-corrected chi connectivity index (χ3v) is 4.89. The summed E-state index contributed by atoms with van der Waals surface area (Å²) in [4.78, 5) is 49.3. The fraction of sp³-hybridized carbons (Fsp3) is 0.238. The lowest BCUT2D eigenvalue weighted by Crippen LogP contribution is -2.31. The van der Waals surface area contributed by atoms with Gasteiger partial charge in [-0.15, -0.1) is 0 Å². The zero-order valence-electron chi connectivity index (χ0n) is 16.3. The molecule has 0 spiro atoms. The first-order valence-electron chi connectivity index (χ1n) is 9.36. The Kier molecular flexibility index (Phi) is 6.68. The SMILES string of the molecule is CC(=O)Nc1cccc(NC(=O)CC[C@@H]2NC(=O)N(Cc3ccccc3Cl)C2=O)c1. The van der Waals surface area contributed by atoms with Gasteiger partial charge in [0.1, 0.15) is 6.04 Å². The van der Waals surface area contributed by atoms with E-state index < -0.39 is 12.1 Å². The highest BCUT2D eigenvalue weighted by Gasteiger charge is 2.38. The topological polar surface area (TPSA) is 108 Å². The number of hydrogen-bond acceptors (Lipinski definition) is 4. The lowest BCUT2D eigenvalue weighted by atomic mass is 10.1. The van der Waals surface area contributed by atoms with Gasteiger partial charge in [0.25, 0.3) is 5.91 Å². The first-order valence-corrected chi connectivity index (χ1v) is 9.74. The average molecular weight is 429 g/mol. The van der Waals surface area contributed by atoms with Gasteiger partial charge in [0, 0.05) is 29.7 Å². The number of carbonyl (C=O) groups excluding carboxylic acids is 4. The second-order valence-corrected chi connectivity index (χ2v) is 7.27. The van der Waals surface area contributed by atoms with Crippen LogP contribution in [0.2, 0.25) is 5.02 Å². The van der Waals surface area contributed by atoms with Crippen LogP contribution in [0.1, 0.15) is 25.3 Å². The molecule has 1 saturated heterocycles. The minimum Gasteiger partial charge on any atom is -0.326 e. The van der Waals surface area contributed by atoms with Crippen molar-refractivity contribution in [1.29, 1.82) is 0 Å². The van der Waals surface area contributed by atoms with Crippen molar-refractivity contribution >= 4 is 46.7 Å². The molecule has 0 saturated carbocycles. The van der Waals surface area contributed by atoms with E-state index in [1.165, 1.54) is 6.92 Å². The van der Waals surface area contributed by atoms with Gasteiger partial charge in [0.2, 0.25) is 11.8 Å². The summed E-state index contributed by atoms with van der Waals surface area (Å²) < 4.78 is 0. The summed E-state index contributed by atoms with van der Waals surface area (Å²) in [5.41, 5.74) is 1.75. The predicted molar refractivity (Wildman–Crippen MR) is 113 cm³/mol. The van der Waals surface area contributed by atoms with Crippen molar-refractivity contribution in [1.82, 2.24) is 10.2 Å². The summed E-state index contributed by atoms with van der Waals surface area (Å²) >= 11 is 6.11. The number of halogens is 1. The molecule has 3 N–H and O–H groups in total. The van der Waals surface area contributed by atoms with Crippen LogP contribution in [0.4, 0.5) is 16.2 Å². The van der Waals surface area contributed by atoms with Gasteiger partial charge in [-0.05, 0) is 36.2 Å². The summed E-state index contributed by atoms with van der Waals surface area (Å²) in [7, 11) is 0. The standard InChI is InChI=1S/C21H21ClN4O4/c1-13(27)23-15-6-4-7-16(11-15)24-19(28)10-9-18-20(29)26(21(30)25-18)12-14-5-2-3-8-17(14)22/h2-8,11,18H,9-10,12H2,1H3,(H,23,27)(H,24,28)(H,25,30)/t18-/m0/s1. The van der Waals surface area contributed by atoms with Gasteiger partial charge in [-0.1, -0.05) is 35.9 Å². The Morgan fingerprint density at radius 2 is 1.77 bits per heavy atom. The predicted octanol–water partition coefficient (Wildman–Crippen LogP) is 3.14. The lowest BCUT2D eigenvalue weighted by Gasteiger charge is -2.14. The van der Waals surface area contributed by atoms with Crippen LogP contribution in [-0.4, -0.2) is 34.7 Å². The number of urea groups is 1. The maximum absolute atomic E-state index is 12.6. The van der Waals surface area contributed by atoms with Crippen LogP contribution in [0.3, 0.4) is 0 Å². The Bertz CT molecular complexity index is 994. The van der Waals surface area contributed by atoms with Crippen molar-refractivity contribution < 1.29 is 19.2 Å². The van der Waals surface area contributed by atoms with Crippen molar-refractivity contribution in [3.05, 3.63) is 59.1 Å². The van der Waals surface area contributed by atoms with Crippen LogP contribution in [0.25, 0.3) is 0 Å². The number of imide groups is 1. The van der Waals surface area contributed by atoms with Gasteiger partial charge in [0.05, 0.1) is 6.54 Å². The summed E-state index contributed by atoms with van der Waals surface area (Å²) in [5.74, 6) is -0.905. The minimum atomic E-state index is -0.767. The molecule has 1 fully saturated rings. The molecule has 1 heterocycles. The molecule has 0 aliphatic carbocycles. The minimum absolute atomic E-state index is 0.0426. The van der Waals surface area contributed by atoms with Crippen LogP contribution in [0.5, 0.6) is 0 Å². The molecule has 5 amide bonds. The molecule has 1 aliphatic rings. The summed E-state index contributed by atoms with van der Waals surface area (Å²) in [6.45, 7) is 1.47. The van der Waals surface area contributed by atoms with E-state index in [1.54, 1.807) is 48.5 Å². The van der Waals surface area contributed by atoms with Gasteiger partial charge < -0.3 is 16.0 Å². The van der Waals surface area contributed by atoms with E-state index in [2.05, 4.69) is 16.0 Å². The van der Waals surface area contributed by atoms with Gasteiger partial charge in [-0.2, -0.15) is 0 Å². The molecular formula is C21H21ClN4O4. The van der Waals surface area contributed by atoms with Crippen LogP contribution in [-0.2, 0) is 20.9 Å². The molecule has 1 aliphatic heterocycles. The second kappa shape index (κ2) is 9.41. The quantitative estimate of drug-likeness (QED) is 0.589. The molecule has 30 heavy (non-hydrogen) atoms. The molecule has 2 aromatic rings. The Hall–Kier alpha value is -3.39. The highest BCUT2D eigenvalue weighted by Crippen LogP contribution is 2.21. The van der Waals surface area contributed by atoms with E-state index in [-0.39, 0.29) is 37.1 Å². The molecule has 156 valence electrons. The van der Waals surface area contributed by atoms with Crippen molar-refractivity contribution in [3.63, 3.8) is 0 Å². The van der Waals surface area contributed by atoms with Crippen LogP contribution >= 0.6 is 11.6 Å². The largest absolute Gasteiger partial charge is 0.326 e. The smallest absolute Gasteiger partial charge is 0.325 e. The number of amides is 5. The van der Waals surface area contributed by atoms with Gasteiger partial charge in [0.15, 0.2) is 0 Å². The number of benzene rings is 2. The Morgan fingerprint density at radius 3 is 2.47 bits per heavy atom. The fourth-order valence-corrected chi connectivity index (χ4v) is 3.29. The number of hydrogen-bond donors (Lipinski definition) is 3. The maximum Gasteiger partial charge on any atom is 0.325 e. The van der Waals surface area contributed by atoms with Crippen molar-refractivity contribution in [3.8, 4) is 0 Å². The number of nitrogens with zero attached hydrogens (tertiary/aromatic N) is 1. The summed E-state index contributed by atoms with van der Waals surface area (Å²) in [6.07, 6.45) is 0.210. The average Bonchev–Trinajstić information content (AvgIpc) is 2.95. The van der Waals surface area contributed by atoms with Crippen LogP contribution in [0.15, 0.2) is 48.5 Å². The van der Waals surface area contributed by atoms with Crippen molar-refractivity contribution in [2.75, 3.05) is 10.6 Å². The normalized spacial score (nSPS) is 15.7. The number of anilines is 2. The molecule has 2 aromatic carbocycles. The first kappa shape index (κ1) is 21.3. The van der Waals surface area contributed by atoms with Crippen LogP contribution < -0.4 is 16.0 Å². The molecule has 0 unspecified atom stereocenters. The molecule has 0 aromatic heterocycles. The third kappa shape index (κ3) is 5.36. The van der Waals surface area contributed by atoms with E-state index in [0.29, 0.717) is 22.0 Å². The molecule has 0 radical (unpaired) electrons. The van der Waals surface area contributed by atoms with Crippen LogP contribution in [0, 0.1) is 0 Å². The highest BCUT2D eigenvalue weighted by molar-refractivity contribution is 6.31. The summed E-state index contributed by atoms with van der Waals surface area (Å²) in [5, 5.41) is 8.44. The molecule has 8 nitrogen and oxygen atoms in total. The van der Waals surface area contributed by atoms with Crippen molar-refractivity contribution in [2.45, 2.75) is 32.4 Å². The first-order chi connectivity index (χ1) is 14.3. The number of carbonyl (C=O) groups is 4. The maximum atomic E-state index is 12.6. The van der Waals surface area contributed by atoms with Crippen molar-refractivity contribution in [2.24, 2.45) is 0 Å². The zero-order chi connectivity index (χ0) is 21.7. The molecular weight excluding hydrogens is 408 g/mol. The second-order valence-electron chi connectivity index (χ2n) is 6.87. The van der Waals surface area contributed by atoms with E-state index >= 15 is 0 Å². The Balaban J connectivity index is 1.54. The van der Waals surface area contributed by atoms with E-state index in [9.17, 15) is 19.2 Å². The van der Waals surface area contributed by atoms with Gasteiger partial charge in [-0.25, -0.2) is 4.79 Å². The monoisotopic (exact) mass is 428 g/mol. The highest BCUT2D eigenvalue weighted by atomic mass is 35.5. The van der Waals surface area contributed by atoms with E-state index in [1.807, 2.05) is 0 Å². The number of rotatable bonds is 7. The van der Waals surface area contributed by atoms with E-state index in [0.717, 1.165) is 4.90 Å². The lowest BCUT2D eigenvalue weighted by molar-refractivity contribution is -0.128. The Labute approximate surface area is 178 Å². The third-order valence-electron chi connectivity index (χ3n) is 4.52. The zero-order valence-corrected chi connectivity index (χ0v) is 17.0. The van der Waals surface area contributed by atoms with Gasteiger partial charge >= 0.3 is 6.03 Å².